The van der Waals surface area contributed by atoms with Crippen LogP contribution in [-0.2, 0) is 39.8 Å². The van der Waals surface area contributed by atoms with E-state index in [4.69, 9.17) is 30.5 Å². The fourth-order valence-electron chi connectivity index (χ4n) is 8.32. The van der Waals surface area contributed by atoms with Crippen LogP contribution in [0.1, 0.15) is 106 Å². The maximum Gasteiger partial charge on any atom is 0.409 e. The van der Waals surface area contributed by atoms with E-state index in [9.17, 15) is 29.1 Å². The van der Waals surface area contributed by atoms with Gasteiger partial charge < -0.3 is 39.2 Å². The van der Waals surface area contributed by atoms with Crippen molar-refractivity contribution in [1.82, 2.24) is 15.5 Å². The molecule has 1 aromatic carbocycles. The molecule has 0 unspecified atom stereocenters. The monoisotopic (exact) mass is 918 g/mol. The van der Waals surface area contributed by atoms with E-state index in [0.717, 1.165) is 17.6 Å². The van der Waals surface area contributed by atoms with Gasteiger partial charge in [-0.3, -0.25) is 19.7 Å². The lowest BCUT2D eigenvalue weighted by Crippen LogP contribution is -2.63. The van der Waals surface area contributed by atoms with Crippen molar-refractivity contribution in [3.8, 4) is 5.75 Å². The second kappa shape index (κ2) is 21.0. The quantitative estimate of drug-likeness (QED) is 0.171. The molecule has 4 bridgehead atoms. The topological polar surface area (TPSA) is 173 Å². The number of likely N-dealkylation sites (N-methyl/N-ethyl adjacent to an activating group) is 1. The molecule has 1 aliphatic carbocycles. The number of esters is 1. The van der Waals surface area contributed by atoms with Gasteiger partial charge in [-0.25, -0.2) is 9.59 Å². The minimum Gasteiger partial charge on any atom is -0.495 e. The molecule has 8 atom stereocenters. The third-order valence-electron chi connectivity index (χ3n) is 13.0. The number of amides is 4. The number of fused-ring (bicyclic) bond motifs is 5. The molecular weight excluding hydrogens is 848 g/mol. The number of aliphatic hydroxyl groups is 1. The summed E-state index contributed by atoms with van der Waals surface area (Å²) in [7, 11) is 6.13. The molecule has 3 N–H and O–H groups in total. The predicted molar refractivity (Wildman–Crippen MR) is 247 cm³/mol. The fraction of sp³-hybridized carbons (Fsp3) is 0.681. The first-order valence-electron chi connectivity index (χ1n) is 21.8. The van der Waals surface area contributed by atoms with Crippen LogP contribution in [0.3, 0.4) is 0 Å². The molecule has 1 saturated carbocycles. The molecule has 4 amide bonds. The van der Waals surface area contributed by atoms with Crippen LogP contribution in [-0.4, -0.2) is 115 Å². The SMILES string of the molecule is COc1cc2cc(c1Cl)N(C)C(=O)C[C@H](OC(=O)[C@H](C)N(C)C(=O)CCC(C)(C)SCC(=O)NCCC(C)(C)C)[C@@]1(C)C[C@H]1[C@H](C)[C@@H]1C[C@@](O)(NC(=O)O1)[C@H](OC)/C=C/C=C(\C)C2. The summed E-state index contributed by atoms with van der Waals surface area (Å²) >= 11 is 8.31. The summed E-state index contributed by atoms with van der Waals surface area (Å²) in [6.07, 6.45) is 4.19. The Balaban J connectivity index is 1.58. The van der Waals surface area contributed by atoms with Gasteiger partial charge in [-0.15, -0.1) is 11.8 Å². The maximum atomic E-state index is 14.4. The zero-order valence-electron chi connectivity index (χ0n) is 39.5. The van der Waals surface area contributed by atoms with Gasteiger partial charge in [-0.1, -0.05) is 83.9 Å². The molecule has 4 rings (SSSR count). The highest BCUT2D eigenvalue weighted by Gasteiger charge is 2.62. The van der Waals surface area contributed by atoms with Crippen LogP contribution in [0.25, 0.3) is 0 Å². The number of nitrogens with one attached hydrogen (secondary N) is 2. The average molecular weight is 920 g/mol. The predicted octanol–water partition coefficient (Wildman–Crippen LogP) is 7.23. The second-order valence-electron chi connectivity index (χ2n) is 19.7. The minimum atomic E-state index is -1.79. The third kappa shape index (κ3) is 13.6. The molecule has 0 spiro atoms. The van der Waals surface area contributed by atoms with Crippen molar-refractivity contribution in [2.45, 2.75) is 142 Å². The number of nitrogens with zero attached hydrogens (tertiary/aromatic N) is 2. The van der Waals surface area contributed by atoms with Crippen LogP contribution in [0.4, 0.5) is 10.5 Å². The van der Waals surface area contributed by atoms with E-state index in [-0.39, 0.29) is 69.8 Å². The highest BCUT2D eigenvalue weighted by atomic mass is 35.5. The first-order valence-corrected chi connectivity index (χ1v) is 23.2. The summed E-state index contributed by atoms with van der Waals surface area (Å²) < 4.78 is 23.0. The number of anilines is 1. The average Bonchev–Trinajstić information content (AvgIpc) is 3.90. The Morgan fingerprint density at radius 2 is 1.83 bits per heavy atom. The third-order valence-corrected chi connectivity index (χ3v) is 14.7. The maximum absolute atomic E-state index is 14.4. The zero-order valence-corrected chi connectivity index (χ0v) is 41.1. The molecule has 0 aromatic heterocycles. The van der Waals surface area contributed by atoms with Crippen LogP contribution in [0.2, 0.25) is 5.02 Å². The number of methoxy groups -OCH3 is 2. The van der Waals surface area contributed by atoms with Crippen LogP contribution >= 0.6 is 23.4 Å². The molecule has 352 valence electrons. The standard InChI is InChI=1S/C47H71ClN4O10S/c1-28-15-14-16-36(60-13)47(58)26-35(61-43(57)50-47)29(2)32-25-46(32,9)37(24-40(55)52(11)33-22-31(21-28)23-34(59-12)41(33)48)62-42(56)30(3)51(10)39(54)17-18-45(7,8)63-27-38(53)49-20-19-44(4,5)6/h14-16,22-23,29-30,32,35-37,58H,17-21,24-27H2,1-13H3,(H,49,53)(H,50,57)/b16-14+,28-15+/t29-,30-,32-,35-,36+,37-,46-,47-/m0/s1. The van der Waals surface area contributed by atoms with E-state index >= 15 is 0 Å². The van der Waals surface area contributed by atoms with Gasteiger partial charge in [0.25, 0.3) is 0 Å². The Kier molecular flexibility index (Phi) is 17.3. The number of halogens is 1. The van der Waals surface area contributed by atoms with Crippen LogP contribution in [0.15, 0.2) is 35.9 Å². The van der Waals surface area contributed by atoms with E-state index in [0.29, 0.717) is 37.2 Å². The number of hydrogen-bond donors (Lipinski definition) is 3. The summed E-state index contributed by atoms with van der Waals surface area (Å²) in [5.74, 6) is -1.23. The summed E-state index contributed by atoms with van der Waals surface area (Å²) in [5, 5.41) is 17.6. The number of carbonyl (C=O) groups excluding carboxylic acids is 5. The number of ether oxygens (including phenoxy) is 4. The molecule has 2 heterocycles. The van der Waals surface area contributed by atoms with Crippen LogP contribution < -0.4 is 20.3 Å². The number of carbonyl (C=O) groups is 5. The lowest BCUT2D eigenvalue weighted by Gasteiger charge is -2.42. The van der Waals surface area contributed by atoms with Crippen LogP contribution in [0, 0.1) is 22.7 Å². The molecule has 63 heavy (non-hydrogen) atoms. The molecule has 2 fully saturated rings. The van der Waals surface area contributed by atoms with E-state index < -0.39 is 47.6 Å². The zero-order chi connectivity index (χ0) is 47.2. The van der Waals surface area contributed by atoms with Crippen molar-refractivity contribution >= 4 is 58.8 Å². The van der Waals surface area contributed by atoms with Crippen molar-refractivity contribution in [3.63, 3.8) is 0 Å². The van der Waals surface area contributed by atoms with E-state index in [1.807, 2.05) is 46.8 Å². The Bertz CT molecular complexity index is 1920. The summed E-state index contributed by atoms with van der Waals surface area (Å²) in [6, 6.07) is 2.64. The highest BCUT2D eigenvalue weighted by Crippen LogP contribution is 2.61. The summed E-state index contributed by atoms with van der Waals surface area (Å²) in [5.41, 5.74) is -0.254. The van der Waals surface area contributed by atoms with Gasteiger partial charge in [0, 0.05) is 50.8 Å². The van der Waals surface area contributed by atoms with Crippen molar-refractivity contribution in [2.75, 3.05) is 45.5 Å². The van der Waals surface area contributed by atoms with Crippen molar-refractivity contribution in [1.29, 1.82) is 0 Å². The number of alkyl carbamates (subject to hydrolysis) is 1. The number of benzene rings is 1. The second-order valence-corrected chi connectivity index (χ2v) is 21.8. The summed E-state index contributed by atoms with van der Waals surface area (Å²) in [4.78, 5) is 70.3. The van der Waals surface area contributed by atoms with Gasteiger partial charge in [0.15, 0.2) is 5.72 Å². The highest BCUT2D eigenvalue weighted by molar-refractivity contribution is 8.01. The van der Waals surface area contributed by atoms with Gasteiger partial charge in [-0.2, -0.15) is 0 Å². The van der Waals surface area contributed by atoms with Crippen molar-refractivity contribution in [3.05, 3.63) is 46.5 Å². The minimum absolute atomic E-state index is 0.0121. The van der Waals surface area contributed by atoms with Crippen LogP contribution in [0.5, 0.6) is 5.75 Å². The molecule has 14 nitrogen and oxygen atoms in total. The van der Waals surface area contributed by atoms with Gasteiger partial charge in [0.2, 0.25) is 17.7 Å². The fourth-order valence-corrected chi connectivity index (χ4v) is 9.50. The Hall–Kier alpha value is -3.79. The lowest BCUT2D eigenvalue weighted by molar-refractivity contribution is -0.163. The van der Waals surface area contributed by atoms with Gasteiger partial charge in [0.1, 0.15) is 35.1 Å². The molecule has 1 aromatic rings. The largest absolute Gasteiger partial charge is 0.495 e. The number of hydrogen-bond acceptors (Lipinski definition) is 11. The smallest absolute Gasteiger partial charge is 0.409 e. The Labute approximate surface area is 383 Å². The van der Waals surface area contributed by atoms with E-state index in [1.165, 1.54) is 35.8 Å². The molecule has 3 aliphatic rings. The normalized spacial score (nSPS) is 28.6. The first-order chi connectivity index (χ1) is 29.2. The van der Waals surface area contributed by atoms with E-state index in [1.54, 1.807) is 39.2 Å². The van der Waals surface area contributed by atoms with Crippen molar-refractivity contribution < 1.29 is 48.0 Å². The van der Waals surface area contributed by atoms with Gasteiger partial charge in [-0.05, 0) is 74.5 Å². The molecule has 0 radical (unpaired) electrons. The first kappa shape index (κ1) is 51.8. The number of rotatable bonds is 13. The summed E-state index contributed by atoms with van der Waals surface area (Å²) in [6.45, 7) is 18.3. The lowest BCUT2D eigenvalue weighted by atomic mass is 9.83. The Morgan fingerprint density at radius 1 is 1.14 bits per heavy atom. The van der Waals surface area contributed by atoms with Gasteiger partial charge in [0.05, 0.1) is 25.0 Å². The van der Waals surface area contributed by atoms with Crippen molar-refractivity contribution in [2.24, 2.45) is 22.7 Å². The molecule has 2 aliphatic heterocycles. The number of allylic oxidation sites excluding steroid dienone is 3. The van der Waals surface area contributed by atoms with E-state index in [2.05, 4.69) is 31.4 Å². The molecule has 1 saturated heterocycles. The molecular formula is C47H71ClN4O10S. The van der Waals surface area contributed by atoms with Gasteiger partial charge >= 0.3 is 12.1 Å². The Morgan fingerprint density at radius 3 is 2.46 bits per heavy atom. The number of thioether (sulfide) groups is 1. The molecule has 16 heteroatoms.